The summed E-state index contributed by atoms with van der Waals surface area (Å²) in [6, 6.07) is 1.50. The van der Waals surface area contributed by atoms with E-state index in [4.69, 9.17) is 5.73 Å². The van der Waals surface area contributed by atoms with Crippen LogP contribution in [0.15, 0.2) is 12.1 Å². The van der Waals surface area contributed by atoms with E-state index >= 15 is 0 Å². The van der Waals surface area contributed by atoms with E-state index in [-0.39, 0.29) is 13.0 Å². The van der Waals surface area contributed by atoms with Crippen molar-refractivity contribution in [2.24, 2.45) is 5.73 Å². The summed E-state index contributed by atoms with van der Waals surface area (Å²) in [6.45, 7) is -0.256. The van der Waals surface area contributed by atoms with Crippen molar-refractivity contribution in [3.05, 3.63) is 35.1 Å². The van der Waals surface area contributed by atoms with E-state index in [1.54, 1.807) is 0 Å². The summed E-state index contributed by atoms with van der Waals surface area (Å²) in [4.78, 5) is 11.0. The van der Waals surface area contributed by atoms with Crippen molar-refractivity contribution in [2.75, 3.05) is 6.54 Å². The first-order chi connectivity index (χ1) is 7.56. The molecule has 88 valence electrons. The third-order valence-corrected chi connectivity index (χ3v) is 1.97. The number of carbonyl (C=O) groups excluding carboxylic acids is 1. The second-order valence-corrected chi connectivity index (χ2v) is 3.14. The average Bonchev–Trinajstić information content (AvgIpc) is 2.24. The zero-order chi connectivity index (χ0) is 12.1. The lowest BCUT2D eigenvalue weighted by Gasteiger charge is -2.07. The Kier molecular flexibility index (Phi) is 4.30. The monoisotopic (exact) mass is 232 g/mol. The molecular weight excluding hydrogens is 221 g/mol. The summed E-state index contributed by atoms with van der Waals surface area (Å²) in [7, 11) is 0. The van der Waals surface area contributed by atoms with E-state index in [1.807, 2.05) is 0 Å². The number of benzene rings is 1. The van der Waals surface area contributed by atoms with Crippen LogP contribution in [-0.2, 0) is 11.3 Å². The summed E-state index contributed by atoms with van der Waals surface area (Å²) in [6.07, 6.45) is 0.0541. The molecule has 0 atom stereocenters. The molecular formula is C10H11F3N2O. The molecule has 0 aliphatic carbocycles. The lowest BCUT2D eigenvalue weighted by molar-refractivity contribution is -0.121. The molecule has 0 radical (unpaired) electrons. The largest absolute Gasteiger partial charge is 0.352 e. The summed E-state index contributed by atoms with van der Waals surface area (Å²) in [5, 5.41) is 2.24. The molecule has 0 saturated carbocycles. The second-order valence-electron chi connectivity index (χ2n) is 3.14. The van der Waals surface area contributed by atoms with Crippen LogP contribution in [0.1, 0.15) is 12.0 Å². The molecule has 1 aromatic carbocycles. The van der Waals surface area contributed by atoms with E-state index < -0.39 is 35.5 Å². The summed E-state index contributed by atoms with van der Waals surface area (Å²) in [5.41, 5.74) is 4.62. The maximum atomic E-state index is 13.1. The predicted octanol–water partition coefficient (Wildman–Crippen LogP) is 1.07. The molecule has 1 rings (SSSR count). The molecule has 0 saturated heterocycles. The fourth-order valence-electron chi connectivity index (χ4n) is 1.14. The minimum absolute atomic E-state index is 0.0541. The predicted molar refractivity (Wildman–Crippen MR) is 51.8 cm³/mol. The highest BCUT2D eigenvalue weighted by Crippen LogP contribution is 2.15. The molecule has 1 amide bonds. The van der Waals surface area contributed by atoms with Gasteiger partial charge in [-0.3, -0.25) is 4.79 Å². The second kappa shape index (κ2) is 5.50. The number of hydrogen-bond acceptors (Lipinski definition) is 2. The number of nitrogens with one attached hydrogen (secondary N) is 1. The zero-order valence-corrected chi connectivity index (χ0v) is 8.40. The first-order valence-electron chi connectivity index (χ1n) is 4.65. The lowest BCUT2D eigenvalue weighted by atomic mass is 10.2. The number of hydrogen-bond donors (Lipinski definition) is 2. The zero-order valence-electron chi connectivity index (χ0n) is 8.40. The van der Waals surface area contributed by atoms with Crippen LogP contribution in [0.2, 0.25) is 0 Å². The topological polar surface area (TPSA) is 55.1 Å². The molecule has 6 heteroatoms. The van der Waals surface area contributed by atoms with Crippen LogP contribution < -0.4 is 11.1 Å². The molecule has 0 aliphatic heterocycles. The molecule has 0 heterocycles. The smallest absolute Gasteiger partial charge is 0.221 e. The summed E-state index contributed by atoms with van der Waals surface area (Å²) < 4.78 is 38.9. The molecule has 3 N–H and O–H groups in total. The number of carbonyl (C=O) groups is 1. The molecule has 0 fully saturated rings. The van der Waals surface area contributed by atoms with Crippen LogP contribution >= 0.6 is 0 Å². The van der Waals surface area contributed by atoms with Crippen molar-refractivity contribution in [1.29, 1.82) is 0 Å². The Morgan fingerprint density at radius 2 is 1.88 bits per heavy atom. The summed E-state index contributed by atoms with van der Waals surface area (Å²) in [5.74, 6) is -3.77. The SMILES string of the molecule is NCCC(=O)NCc1c(F)ccc(F)c1F. The van der Waals surface area contributed by atoms with Gasteiger partial charge in [-0.25, -0.2) is 13.2 Å². The van der Waals surface area contributed by atoms with Gasteiger partial charge in [0.2, 0.25) is 5.91 Å². The van der Waals surface area contributed by atoms with Crippen LogP contribution in [0.4, 0.5) is 13.2 Å². The van der Waals surface area contributed by atoms with Crippen LogP contribution in [-0.4, -0.2) is 12.5 Å². The molecule has 3 nitrogen and oxygen atoms in total. The van der Waals surface area contributed by atoms with Gasteiger partial charge in [-0.2, -0.15) is 0 Å². The number of nitrogens with two attached hydrogens (primary N) is 1. The fourth-order valence-corrected chi connectivity index (χ4v) is 1.14. The number of rotatable bonds is 4. The van der Waals surface area contributed by atoms with Gasteiger partial charge in [0.15, 0.2) is 11.6 Å². The van der Waals surface area contributed by atoms with Gasteiger partial charge in [-0.15, -0.1) is 0 Å². The van der Waals surface area contributed by atoms with Crippen LogP contribution in [0, 0.1) is 17.5 Å². The Morgan fingerprint density at radius 1 is 1.25 bits per heavy atom. The maximum absolute atomic E-state index is 13.1. The third-order valence-electron chi connectivity index (χ3n) is 1.97. The van der Waals surface area contributed by atoms with E-state index in [0.29, 0.717) is 6.07 Å². The quantitative estimate of drug-likeness (QED) is 0.763. The third kappa shape index (κ3) is 2.96. The Morgan fingerprint density at radius 3 is 2.50 bits per heavy atom. The molecule has 0 bridgehead atoms. The fraction of sp³-hybridized carbons (Fsp3) is 0.300. The van der Waals surface area contributed by atoms with Crippen molar-refractivity contribution < 1.29 is 18.0 Å². The van der Waals surface area contributed by atoms with Crippen molar-refractivity contribution in [3.63, 3.8) is 0 Å². The number of halogens is 3. The number of amides is 1. The molecule has 0 unspecified atom stereocenters. The Hall–Kier alpha value is -1.56. The minimum atomic E-state index is -1.28. The molecule has 16 heavy (non-hydrogen) atoms. The van der Waals surface area contributed by atoms with E-state index in [9.17, 15) is 18.0 Å². The van der Waals surface area contributed by atoms with Gasteiger partial charge in [0.1, 0.15) is 5.82 Å². The van der Waals surface area contributed by atoms with Crippen LogP contribution in [0.5, 0.6) is 0 Å². The Balaban J connectivity index is 2.74. The van der Waals surface area contributed by atoms with Gasteiger partial charge in [0.05, 0.1) is 0 Å². The first-order valence-corrected chi connectivity index (χ1v) is 4.65. The average molecular weight is 232 g/mol. The Bertz CT molecular complexity index is 396. The van der Waals surface area contributed by atoms with Gasteiger partial charge >= 0.3 is 0 Å². The van der Waals surface area contributed by atoms with Gasteiger partial charge in [-0.1, -0.05) is 0 Å². The van der Waals surface area contributed by atoms with E-state index in [1.165, 1.54) is 0 Å². The standard InChI is InChI=1S/C10H11F3N2O/c11-7-1-2-8(12)10(13)6(7)5-15-9(16)3-4-14/h1-2H,3-5,14H2,(H,15,16). The molecule has 0 spiro atoms. The molecule has 0 aromatic heterocycles. The highest BCUT2D eigenvalue weighted by molar-refractivity contribution is 5.76. The summed E-state index contributed by atoms with van der Waals surface area (Å²) >= 11 is 0. The van der Waals surface area contributed by atoms with Gasteiger partial charge in [0.25, 0.3) is 0 Å². The van der Waals surface area contributed by atoms with E-state index in [0.717, 1.165) is 6.07 Å². The normalized spacial score (nSPS) is 10.2. The lowest BCUT2D eigenvalue weighted by Crippen LogP contribution is -2.26. The molecule has 0 aliphatic rings. The Labute approximate surface area is 90.4 Å². The van der Waals surface area contributed by atoms with Gasteiger partial charge < -0.3 is 11.1 Å². The van der Waals surface area contributed by atoms with Crippen molar-refractivity contribution in [1.82, 2.24) is 5.32 Å². The maximum Gasteiger partial charge on any atom is 0.221 e. The van der Waals surface area contributed by atoms with Gasteiger partial charge in [-0.05, 0) is 12.1 Å². The first kappa shape index (κ1) is 12.5. The van der Waals surface area contributed by atoms with E-state index in [2.05, 4.69) is 5.32 Å². The van der Waals surface area contributed by atoms with Crippen LogP contribution in [0.3, 0.4) is 0 Å². The highest BCUT2D eigenvalue weighted by Gasteiger charge is 2.14. The van der Waals surface area contributed by atoms with Crippen molar-refractivity contribution in [3.8, 4) is 0 Å². The molecule has 1 aromatic rings. The highest BCUT2D eigenvalue weighted by atomic mass is 19.2. The van der Waals surface area contributed by atoms with Crippen molar-refractivity contribution in [2.45, 2.75) is 13.0 Å². The minimum Gasteiger partial charge on any atom is -0.352 e. The van der Waals surface area contributed by atoms with Crippen LogP contribution in [0.25, 0.3) is 0 Å². The van der Waals surface area contributed by atoms with Crippen molar-refractivity contribution >= 4 is 5.91 Å². The van der Waals surface area contributed by atoms with Gasteiger partial charge in [0, 0.05) is 25.1 Å².